The van der Waals surface area contributed by atoms with Gasteiger partial charge in [0.25, 0.3) is 21.6 Å². The molecular formula is C23H20N6O5S. The van der Waals surface area contributed by atoms with E-state index in [2.05, 4.69) is 25.2 Å². The minimum atomic E-state index is -4.06. The third-order valence-corrected chi connectivity index (χ3v) is 6.46. The largest absolute Gasteiger partial charge is 0.322 e. The highest BCUT2D eigenvalue weighted by Gasteiger charge is 2.20. The SMILES string of the molecule is Cc1nc(-c2ccc(NC(=O)c3ccc(NS(=O)(=O)c4ccc(C)c([N+](=O)[O-])c4)cc3)cc2)n[nH]1. The van der Waals surface area contributed by atoms with Crippen molar-refractivity contribution in [3.63, 3.8) is 0 Å². The second-order valence-electron chi connectivity index (χ2n) is 7.66. The number of amides is 1. The Morgan fingerprint density at radius 3 is 2.23 bits per heavy atom. The zero-order chi connectivity index (χ0) is 25.2. The Balaban J connectivity index is 1.43. The van der Waals surface area contributed by atoms with Gasteiger partial charge in [-0.15, -0.1) is 0 Å². The van der Waals surface area contributed by atoms with Gasteiger partial charge in [-0.3, -0.25) is 24.7 Å². The van der Waals surface area contributed by atoms with E-state index in [9.17, 15) is 23.3 Å². The number of carbonyl (C=O) groups is 1. The van der Waals surface area contributed by atoms with Crippen molar-refractivity contribution in [3.05, 3.63) is 93.8 Å². The summed E-state index contributed by atoms with van der Waals surface area (Å²) < 4.78 is 27.7. The molecule has 0 aliphatic carbocycles. The third-order valence-electron chi connectivity index (χ3n) is 5.09. The van der Waals surface area contributed by atoms with E-state index in [1.165, 1.54) is 43.3 Å². The van der Waals surface area contributed by atoms with Gasteiger partial charge in [0.2, 0.25) is 0 Å². The molecule has 1 aromatic heterocycles. The minimum Gasteiger partial charge on any atom is -0.322 e. The Labute approximate surface area is 200 Å². The van der Waals surface area contributed by atoms with Crippen molar-refractivity contribution in [2.75, 3.05) is 10.0 Å². The summed E-state index contributed by atoms with van der Waals surface area (Å²) >= 11 is 0. The predicted molar refractivity (Wildman–Crippen MR) is 130 cm³/mol. The van der Waals surface area contributed by atoms with Crippen molar-refractivity contribution in [3.8, 4) is 11.4 Å². The second kappa shape index (κ2) is 9.35. The molecule has 4 rings (SSSR count). The number of aryl methyl sites for hydroxylation is 2. The van der Waals surface area contributed by atoms with Crippen LogP contribution in [0.1, 0.15) is 21.7 Å². The van der Waals surface area contributed by atoms with Gasteiger partial charge in [0.1, 0.15) is 5.82 Å². The van der Waals surface area contributed by atoms with Gasteiger partial charge in [-0.1, -0.05) is 6.07 Å². The molecule has 4 aromatic rings. The van der Waals surface area contributed by atoms with Crippen molar-refractivity contribution in [2.45, 2.75) is 18.7 Å². The Bertz CT molecular complexity index is 1510. The number of rotatable bonds is 7. The van der Waals surface area contributed by atoms with Crippen LogP contribution in [0.3, 0.4) is 0 Å². The molecule has 0 radical (unpaired) electrons. The number of aromatic nitrogens is 3. The summed E-state index contributed by atoms with van der Waals surface area (Å²) in [5.74, 6) is 0.872. The van der Waals surface area contributed by atoms with Crippen molar-refractivity contribution in [1.82, 2.24) is 15.2 Å². The van der Waals surface area contributed by atoms with Crippen molar-refractivity contribution < 1.29 is 18.1 Å². The molecule has 0 fully saturated rings. The molecule has 178 valence electrons. The Hall–Kier alpha value is -4.58. The normalized spacial score (nSPS) is 11.1. The van der Waals surface area contributed by atoms with Gasteiger partial charge in [-0.25, -0.2) is 13.4 Å². The van der Waals surface area contributed by atoms with Crippen LogP contribution in [0.25, 0.3) is 11.4 Å². The van der Waals surface area contributed by atoms with E-state index in [0.717, 1.165) is 11.6 Å². The fraction of sp³-hybridized carbons (Fsp3) is 0.0870. The molecule has 1 amide bonds. The summed E-state index contributed by atoms with van der Waals surface area (Å²) in [4.78, 5) is 27.1. The highest BCUT2D eigenvalue weighted by Crippen LogP contribution is 2.24. The van der Waals surface area contributed by atoms with Crippen LogP contribution in [-0.2, 0) is 10.0 Å². The van der Waals surface area contributed by atoms with Gasteiger partial charge in [0.15, 0.2) is 5.82 Å². The molecular weight excluding hydrogens is 472 g/mol. The molecule has 0 atom stereocenters. The molecule has 0 saturated carbocycles. The Kier molecular flexibility index (Phi) is 6.30. The lowest BCUT2D eigenvalue weighted by atomic mass is 10.1. The van der Waals surface area contributed by atoms with Crippen molar-refractivity contribution in [2.24, 2.45) is 0 Å². The molecule has 0 saturated heterocycles. The first kappa shape index (κ1) is 23.6. The van der Waals surface area contributed by atoms with E-state index < -0.39 is 14.9 Å². The topological polar surface area (TPSA) is 160 Å². The lowest BCUT2D eigenvalue weighted by Gasteiger charge is -2.10. The van der Waals surface area contributed by atoms with Crippen LogP contribution in [0.5, 0.6) is 0 Å². The zero-order valence-corrected chi connectivity index (χ0v) is 19.5. The van der Waals surface area contributed by atoms with Gasteiger partial charge in [-0.05, 0) is 68.4 Å². The molecule has 0 spiro atoms. The summed E-state index contributed by atoms with van der Waals surface area (Å²) in [7, 11) is -4.06. The van der Waals surface area contributed by atoms with E-state index in [-0.39, 0.29) is 22.2 Å². The summed E-state index contributed by atoms with van der Waals surface area (Å²) in [5.41, 5.74) is 1.94. The maximum Gasteiger partial charge on any atom is 0.273 e. The smallest absolute Gasteiger partial charge is 0.273 e. The minimum absolute atomic E-state index is 0.205. The number of H-pyrrole nitrogens is 1. The van der Waals surface area contributed by atoms with Crippen molar-refractivity contribution in [1.29, 1.82) is 0 Å². The maximum atomic E-state index is 12.7. The molecule has 0 bridgehead atoms. The van der Waals surface area contributed by atoms with Crippen LogP contribution in [0.4, 0.5) is 17.1 Å². The lowest BCUT2D eigenvalue weighted by Crippen LogP contribution is -2.14. The number of aromatic amines is 1. The molecule has 12 heteroatoms. The summed E-state index contributed by atoms with van der Waals surface area (Å²) in [6, 6.07) is 16.5. The van der Waals surface area contributed by atoms with Gasteiger partial charge in [-0.2, -0.15) is 5.10 Å². The summed E-state index contributed by atoms with van der Waals surface area (Å²) in [6.45, 7) is 3.33. The number of carbonyl (C=O) groups excluding carboxylic acids is 1. The highest BCUT2D eigenvalue weighted by molar-refractivity contribution is 7.92. The first-order valence-corrected chi connectivity index (χ1v) is 11.8. The van der Waals surface area contributed by atoms with Gasteiger partial charge >= 0.3 is 0 Å². The van der Waals surface area contributed by atoms with Crippen LogP contribution in [0, 0.1) is 24.0 Å². The van der Waals surface area contributed by atoms with Crippen LogP contribution < -0.4 is 10.0 Å². The molecule has 3 aromatic carbocycles. The standard InChI is InChI=1S/C23H20N6O5S/c1-14-3-12-20(13-21(14)29(31)32)35(33,34)28-19-10-6-17(7-11-19)23(30)25-18-8-4-16(5-9-18)22-24-15(2)26-27-22/h3-13,28H,1-2H3,(H,25,30)(H,24,26,27). The van der Waals surface area contributed by atoms with E-state index in [0.29, 0.717) is 28.5 Å². The fourth-order valence-corrected chi connectivity index (χ4v) is 4.31. The number of nitrogens with one attached hydrogen (secondary N) is 3. The number of hydrogen-bond donors (Lipinski definition) is 3. The lowest BCUT2D eigenvalue weighted by molar-refractivity contribution is -0.385. The molecule has 0 aliphatic heterocycles. The fourth-order valence-electron chi connectivity index (χ4n) is 3.23. The molecule has 0 unspecified atom stereocenters. The number of anilines is 2. The van der Waals surface area contributed by atoms with Crippen LogP contribution >= 0.6 is 0 Å². The van der Waals surface area contributed by atoms with E-state index in [1.54, 1.807) is 31.2 Å². The Morgan fingerprint density at radius 2 is 1.63 bits per heavy atom. The summed E-state index contributed by atoms with van der Waals surface area (Å²) in [5, 5.41) is 20.7. The number of nitrogens with zero attached hydrogens (tertiary/aromatic N) is 3. The number of hydrogen-bond acceptors (Lipinski definition) is 7. The summed E-state index contributed by atoms with van der Waals surface area (Å²) in [6.07, 6.45) is 0. The molecule has 11 nitrogen and oxygen atoms in total. The van der Waals surface area contributed by atoms with Gasteiger partial charge < -0.3 is 5.32 Å². The number of sulfonamides is 1. The third kappa shape index (κ3) is 5.33. The van der Waals surface area contributed by atoms with Gasteiger partial charge in [0, 0.05) is 34.1 Å². The average molecular weight is 493 g/mol. The first-order chi connectivity index (χ1) is 16.6. The molecule has 0 aliphatic rings. The van der Waals surface area contributed by atoms with E-state index >= 15 is 0 Å². The van der Waals surface area contributed by atoms with Crippen LogP contribution in [0.15, 0.2) is 71.6 Å². The first-order valence-electron chi connectivity index (χ1n) is 10.3. The predicted octanol–water partition coefficient (Wildman–Crippen LogP) is 4.05. The molecule has 35 heavy (non-hydrogen) atoms. The zero-order valence-electron chi connectivity index (χ0n) is 18.6. The van der Waals surface area contributed by atoms with Crippen LogP contribution in [-0.4, -0.2) is 34.4 Å². The maximum absolute atomic E-state index is 12.7. The van der Waals surface area contributed by atoms with Crippen LogP contribution in [0.2, 0.25) is 0 Å². The number of nitro benzene ring substituents is 1. The Morgan fingerprint density at radius 1 is 0.971 bits per heavy atom. The molecule has 1 heterocycles. The van der Waals surface area contributed by atoms with E-state index in [1.807, 2.05) is 0 Å². The highest BCUT2D eigenvalue weighted by atomic mass is 32.2. The van der Waals surface area contributed by atoms with E-state index in [4.69, 9.17) is 0 Å². The monoisotopic (exact) mass is 492 g/mol. The average Bonchev–Trinajstić information content (AvgIpc) is 3.26. The second-order valence-corrected chi connectivity index (χ2v) is 9.35. The quantitative estimate of drug-likeness (QED) is 0.259. The number of nitro groups is 1. The van der Waals surface area contributed by atoms with Gasteiger partial charge in [0.05, 0.1) is 9.82 Å². The number of benzene rings is 3. The van der Waals surface area contributed by atoms with Crippen molar-refractivity contribution >= 4 is 33.0 Å². The molecule has 3 N–H and O–H groups in total.